The van der Waals surface area contributed by atoms with E-state index in [1.54, 1.807) is 13.8 Å². The normalized spacial score (nSPS) is 15.4. The second kappa shape index (κ2) is 7.47. The van der Waals surface area contributed by atoms with E-state index in [-0.39, 0.29) is 13.2 Å². The Labute approximate surface area is 97.1 Å². The highest BCUT2D eigenvalue weighted by Crippen LogP contribution is 2.27. The Hall–Kier alpha value is -0.850. The molecule has 17 heavy (non-hydrogen) atoms. The summed E-state index contributed by atoms with van der Waals surface area (Å²) in [6, 6.07) is 0. The molecule has 7 heteroatoms. The first-order chi connectivity index (χ1) is 7.84. The van der Waals surface area contributed by atoms with Crippen LogP contribution < -0.4 is 0 Å². The summed E-state index contributed by atoms with van der Waals surface area (Å²) in [7, 11) is 0. The molecule has 0 N–H and O–H groups in total. The Balaban J connectivity index is 4.56. The second-order valence-corrected chi connectivity index (χ2v) is 3.40. The van der Waals surface area contributed by atoms with Gasteiger partial charge in [0, 0.05) is 6.61 Å². The van der Waals surface area contributed by atoms with Crippen LogP contribution in [-0.2, 0) is 14.3 Å². The number of carbonyl (C=O) groups is 1. The average Bonchev–Trinajstić information content (AvgIpc) is 2.25. The molecule has 0 heterocycles. The first-order valence-electron chi connectivity index (χ1n) is 5.33. The van der Waals surface area contributed by atoms with Crippen LogP contribution in [0.2, 0.25) is 0 Å². The maximum atomic E-state index is 13.0. The van der Waals surface area contributed by atoms with E-state index in [1.807, 2.05) is 0 Å². The van der Waals surface area contributed by atoms with Crippen molar-refractivity contribution in [1.29, 1.82) is 0 Å². The van der Waals surface area contributed by atoms with Crippen LogP contribution in [0, 0.1) is 0 Å². The second-order valence-electron chi connectivity index (χ2n) is 3.40. The average molecular weight is 260 g/mol. The SMILES string of the molecule is CCCOC(=O)C(OCCC)C(F)C(F)(F)F. The lowest BCUT2D eigenvalue weighted by atomic mass is 10.2. The zero-order valence-corrected chi connectivity index (χ0v) is 9.72. The van der Waals surface area contributed by atoms with Gasteiger partial charge in [0.2, 0.25) is 6.17 Å². The van der Waals surface area contributed by atoms with Crippen LogP contribution in [0.4, 0.5) is 17.6 Å². The largest absolute Gasteiger partial charge is 0.464 e. The van der Waals surface area contributed by atoms with Gasteiger partial charge in [-0.15, -0.1) is 0 Å². The van der Waals surface area contributed by atoms with Crippen molar-refractivity contribution in [3.63, 3.8) is 0 Å². The van der Waals surface area contributed by atoms with E-state index < -0.39 is 24.4 Å². The Kier molecular flexibility index (Phi) is 7.10. The Morgan fingerprint density at radius 2 is 1.71 bits per heavy atom. The maximum Gasteiger partial charge on any atom is 0.422 e. The molecule has 0 aliphatic rings. The van der Waals surface area contributed by atoms with Crippen molar-refractivity contribution in [2.45, 2.75) is 45.1 Å². The van der Waals surface area contributed by atoms with Gasteiger partial charge in [-0.05, 0) is 12.8 Å². The third-order valence-corrected chi connectivity index (χ3v) is 1.76. The van der Waals surface area contributed by atoms with E-state index in [0.717, 1.165) is 0 Å². The van der Waals surface area contributed by atoms with Crippen LogP contribution in [0.5, 0.6) is 0 Å². The van der Waals surface area contributed by atoms with Crippen molar-refractivity contribution >= 4 is 5.97 Å². The predicted octanol–water partition coefficient (Wildman–Crippen LogP) is 2.64. The molecule has 0 aromatic carbocycles. The Morgan fingerprint density at radius 3 is 2.12 bits per heavy atom. The minimum Gasteiger partial charge on any atom is -0.464 e. The van der Waals surface area contributed by atoms with Crippen LogP contribution in [0.25, 0.3) is 0 Å². The number of alkyl halides is 4. The zero-order chi connectivity index (χ0) is 13.5. The van der Waals surface area contributed by atoms with Crippen LogP contribution >= 0.6 is 0 Å². The van der Waals surface area contributed by atoms with E-state index in [4.69, 9.17) is 0 Å². The molecule has 0 spiro atoms. The molecule has 0 bridgehead atoms. The Bertz CT molecular complexity index is 230. The molecular weight excluding hydrogens is 244 g/mol. The summed E-state index contributed by atoms with van der Waals surface area (Å²) in [5.41, 5.74) is 0. The van der Waals surface area contributed by atoms with Gasteiger partial charge in [-0.2, -0.15) is 13.2 Å². The van der Waals surface area contributed by atoms with Crippen molar-refractivity contribution < 1.29 is 31.8 Å². The molecule has 0 amide bonds. The van der Waals surface area contributed by atoms with Gasteiger partial charge in [0.05, 0.1) is 6.61 Å². The van der Waals surface area contributed by atoms with E-state index >= 15 is 0 Å². The van der Waals surface area contributed by atoms with Crippen LogP contribution in [0.15, 0.2) is 0 Å². The first-order valence-corrected chi connectivity index (χ1v) is 5.33. The van der Waals surface area contributed by atoms with Crippen molar-refractivity contribution in [3.8, 4) is 0 Å². The number of hydrogen-bond donors (Lipinski definition) is 0. The van der Waals surface area contributed by atoms with Gasteiger partial charge in [-0.3, -0.25) is 0 Å². The molecule has 0 rings (SSSR count). The Morgan fingerprint density at radius 1 is 1.18 bits per heavy atom. The molecule has 2 unspecified atom stereocenters. The highest BCUT2D eigenvalue weighted by molar-refractivity contribution is 5.75. The summed E-state index contributed by atoms with van der Waals surface area (Å²) in [6.07, 6.45) is -9.92. The van der Waals surface area contributed by atoms with Gasteiger partial charge in [-0.25, -0.2) is 9.18 Å². The fraction of sp³-hybridized carbons (Fsp3) is 0.900. The standard InChI is InChI=1S/C10H16F4O3/c1-3-5-16-7(8(11)10(12,13)14)9(15)17-6-4-2/h7-8H,3-6H2,1-2H3. The third kappa shape index (κ3) is 5.86. The highest BCUT2D eigenvalue weighted by Gasteiger charge is 2.49. The van der Waals surface area contributed by atoms with Crippen molar-refractivity contribution in [2.75, 3.05) is 13.2 Å². The zero-order valence-electron chi connectivity index (χ0n) is 9.72. The van der Waals surface area contributed by atoms with Crippen molar-refractivity contribution in [1.82, 2.24) is 0 Å². The number of ether oxygens (including phenoxy) is 2. The summed E-state index contributed by atoms with van der Waals surface area (Å²) in [5.74, 6) is -1.31. The third-order valence-electron chi connectivity index (χ3n) is 1.76. The van der Waals surface area contributed by atoms with E-state index in [9.17, 15) is 22.4 Å². The molecule has 0 aliphatic heterocycles. The predicted molar refractivity (Wildman–Crippen MR) is 52.2 cm³/mol. The van der Waals surface area contributed by atoms with Gasteiger partial charge in [-0.1, -0.05) is 13.8 Å². The summed E-state index contributed by atoms with van der Waals surface area (Å²) in [5, 5.41) is 0. The van der Waals surface area contributed by atoms with Crippen molar-refractivity contribution in [2.24, 2.45) is 0 Å². The van der Waals surface area contributed by atoms with Crippen molar-refractivity contribution in [3.05, 3.63) is 0 Å². The van der Waals surface area contributed by atoms with Gasteiger partial charge in [0.1, 0.15) is 0 Å². The summed E-state index contributed by atoms with van der Waals surface area (Å²) >= 11 is 0. The molecule has 0 saturated heterocycles. The fourth-order valence-corrected chi connectivity index (χ4v) is 0.973. The molecule has 0 fully saturated rings. The molecule has 0 radical (unpaired) electrons. The highest BCUT2D eigenvalue weighted by atomic mass is 19.4. The molecule has 0 aromatic rings. The van der Waals surface area contributed by atoms with E-state index in [0.29, 0.717) is 12.8 Å². The number of hydrogen-bond acceptors (Lipinski definition) is 3. The van der Waals surface area contributed by atoms with Crippen LogP contribution in [-0.4, -0.2) is 37.6 Å². The van der Waals surface area contributed by atoms with Crippen LogP contribution in [0.1, 0.15) is 26.7 Å². The lowest BCUT2D eigenvalue weighted by Crippen LogP contribution is -2.44. The lowest BCUT2D eigenvalue weighted by molar-refractivity contribution is -0.220. The maximum absolute atomic E-state index is 13.0. The minimum absolute atomic E-state index is 0.0601. The number of carbonyl (C=O) groups excluding carboxylic acids is 1. The number of rotatable bonds is 7. The summed E-state index contributed by atoms with van der Waals surface area (Å²) in [4.78, 5) is 11.2. The van der Waals surface area contributed by atoms with Gasteiger partial charge in [0.15, 0.2) is 6.10 Å². The molecule has 0 saturated carbocycles. The number of esters is 1. The molecule has 0 aliphatic carbocycles. The fourth-order valence-electron chi connectivity index (χ4n) is 0.973. The molecule has 3 nitrogen and oxygen atoms in total. The minimum atomic E-state index is -5.14. The van der Waals surface area contributed by atoms with E-state index in [2.05, 4.69) is 9.47 Å². The summed E-state index contributed by atoms with van der Waals surface area (Å²) in [6.45, 7) is 3.11. The molecular formula is C10H16F4O3. The van der Waals surface area contributed by atoms with Crippen LogP contribution in [0.3, 0.4) is 0 Å². The molecule has 102 valence electrons. The summed E-state index contributed by atoms with van der Waals surface area (Å²) < 4.78 is 58.5. The first kappa shape index (κ1) is 16.1. The van der Waals surface area contributed by atoms with E-state index in [1.165, 1.54) is 0 Å². The molecule has 0 aromatic heterocycles. The van der Waals surface area contributed by atoms with Gasteiger partial charge < -0.3 is 9.47 Å². The monoisotopic (exact) mass is 260 g/mol. The smallest absolute Gasteiger partial charge is 0.422 e. The topological polar surface area (TPSA) is 35.5 Å². The lowest BCUT2D eigenvalue weighted by Gasteiger charge is -2.21. The molecule has 2 atom stereocenters. The van der Waals surface area contributed by atoms with Gasteiger partial charge in [0.25, 0.3) is 0 Å². The quantitative estimate of drug-likeness (QED) is 0.521. The number of halogens is 4. The van der Waals surface area contributed by atoms with Gasteiger partial charge >= 0.3 is 12.1 Å².